The molecule has 1 aromatic carbocycles. The Morgan fingerprint density at radius 2 is 1.92 bits per heavy atom. The lowest BCUT2D eigenvalue weighted by Gasteiger charge is -2.01. The zero-order valence-corrected chi connectivity index (χ0v) is 14.4. The Morgan fingerprint density at radius 3 is 2.62 bits per heavy atom. The fourth-order valence-corrected chi connectivity index (χ4v) is 3.46. The Balaban J connectivity index is 1.80. The average molecular weight is 340 g/mol. The first-order chi connectivity index (χ1) is 11.7. The van der Waals surface area contributed by atoms with Gasteiger partial charge in [0.05, 0.1) is 18.5 Å². The van der Waals surface area contributed by atoms with E-state index in [1.807, 2.05) is 41.9 Å². The lowest BCUT2D eigenvalue weighted by Crippen LogP contribution is -1.99. The summed E-state index contributed by atoms with van der Waals surface area (Å²) in [6.45, 7) is 4.85. The molecule has 4 aromatic rings. The Hall–Kier alpha value is -2.74. The van der Waals surface area contributed by atoms with E-state index in [2.05, 4.69) is 22.2 Å². The van der Waals surface area contributed by atoms with E-state index in [1.54, 1.807) is 11.6 Å². The van der Waals surface area contributed by atoms with Crippen molar-refractivity contribution in [3.05, 3.63) is 36.0 Å². The number of aryl methyl sites for hydroxylation is 2. The van der Waals surface area contributed by atoms with Crippen molar-refractivity contribution in [2.24, 2.45) is 0 Å². The maximum Gasteiger partial charge on any atom is 0.235 e. The quantitative estimate of drug-likeness (QED) is 0.571. The van der Waals surface area contributed by atoms with Crippen molar-refractivity contribution in [2.45, 2.75) is 20.4 Å². The Bertz CT molecular complexity index is 998. The van der Waals surface area contributed by atoms with Crippen molar-refractivity contribution >= 4 is 16.3 Å². The van der Waals surface area contributed by atoms with Gasteiger partial charge in [0.2, 0.25) is 4.96 Å². The van der Waals surface area contributed by atoms with Crippen LogP contribution in [0.15, 0.2) is 30.3 Å². The normalized spacial score (nSPS) is 11.3. The van der Waals surface area contributed by atoms with Gasteiger partial charge in [0.1, 0.15) is 5.75 Å². The van der Waals surface area contributed by atoms with Crippen LogP contribution in [-0.4, -0.2) is 36.7 Å². The number of hydrogen-bond donors (Lipinski definition) is 0. The molecule has 0 N–H and O–H groups in total. The molecule has 0 atom stereocenters. The zero-order chi connectivity index (χ0) is 16.7. The van der Waals surface area contributed by atoms with Gasteiger partial charge in [0.25, 0.3) is 0 Å². The molecule has 0 saturated carbocycles. The summed E-state index contributed by atoms with van der Waals surface area (Å²) < 4.78 is 8.93. The highest BCUT2D eigenvalue weighted by Crippen LogP contribution is 2.29. The molecule has 0 fully saturated rings. The molecular weight excluding hydrogens is 324 g/mol. The molecule has 8 heteroatoms. The summed E-state index contributed by atoms with van der Waals surface area (Å²) in [5.74, 6) is 1.52. The van der Waals surface area contributed by atoms with Crippen LogP contribution in [0.1, 0.15) is 12.6 Å². The molecule has 3 heterocycles. The van der Waals surface area contributed by atoms with E-state index in [4.69, 9.17) is 9.84 Å². The van der Waals surface area contributed by atoms with Crippen molar-refractivity contribution in [3.63, 3.8) is 0 Å². The van der Waals surface area contributed by atoms with E-state index in [1.165, 1.54) is 11.3 Å². The molecule has 0 saturated heterocycles. The predicted octanol–water partition coefficient (Wildman–Crippen LogP) is 3.05. The van der Waals surface area contributed by atoms with Gasteiger partial charge in [-0.1, -0.05) is 11.3 Å². The number of hydrogen-bond acceptors (Lipinski definition) is 6. The molecule has 4 rings (SSSR count). The SMILES string of the molecule is CCn1nc(C)cc1-c1nn2c(-c3ccc(OC)cc3)nnc2s1. The van der Waals surface area contributed by atoms with Gasteiger partial charge in [-0.25, -0.2) is 0 Å². The minimum Gasteiger partial charge on any atom is -0.497 e. The summed E-state index contributed by atoms with van der Waals surface area (Å²) in [5, 5.41) is 18.6. The van der Waals surface area contributed by atoms with Gasteiger partial charge in [0, 0.05) is 12.1 Å². The molecule has 0 bridgehead atoms. The molecule has 7 nitrogen and oxygen atoms in total. The average Bonchev–Trinajstić information content (AvgIpc) is 3.27. The van der Waals surface area contributed by atoms with Gasteiger partial charge in [-0.15, -0.1) is 10.2 Å². The van der Waals surface area contributed by atoms with Gasteiger partial charge in [0.15, 0.2) is 10.8 Å². The zero-order valence-electron chi connectivity index (χ0n) is 13.6. The second-order valence-electron chi connectivity index (χ2n) is 5.34. The smallest absolute Gasteiger partial charge is 0.235 e. The summed E-state index contributed by atoms with van der Waals surface area (Å²) in [5.41, 5.74) is 2.93. The first-order valence-electron chi connectivity index (χ1n) is 7.61. The second kappa shape index (κ2) is 5.72. The van der Waals surface area contributed by atoms with Crippen molar-refractivity contribution in [1.29, 1.82) is 0 Å². The number of ether oxygens (including phenoxy) is 1. The topological polar surface area (TPSA) is 70.1 Å². The van der Waals surface area contributed by atoms with E-state index >= 15 is 0 Å². The second-order valence-corrected chi connectivity index (χ2v) is 6.30. The Labute approximate surface area is 142 Å². The third kappa shape index (κ3) is 2.35. The number of fused-ring (bicyclic) bond motifs is 1. The van der Waals surface area contributed by atoms with Crippen LogP contribution in [0.25, 0.3) is 27.1 Å². The summed E-state index contributed by atoms with van der Waals surface area (Å²) in [7, 11) is 1.65. The summed E-state index contributed by atoms with van der Waals surface area (Å²) in [6, 6.07) is 9.75. The molecule has 3 aromatic heterocycles. The van der Waals surface area contributed by atoms with Crippen LogP contribution in [-0.2, 0) is 6.54 Å². The van der Waals surface area contributed by atoms with E-state index < -0.39 is 0 Å². The molecular formula is C16H16N6OS. The number of aromatic nitrogens is 6. The fourth-order valence-electron chi connectivity index (χ4n) is 2.60. The lowest BCUT2D eigenvalue weighted by molar-refractivity contribution is 0.415. The van der Waals surface area contributed by atoms with Crippen LogP contribution < -0.4 is 4.74 Å². The molecule has 0 aliphatic carbocycles. The minimum atomic E-state index is 0.717. The van der Waals surface area contributed by atoms with Crippen LogP contribution in [0, 0.1) is 6.92 Å². The highest BCUT2D eigenvalue weighted by atomic mass is 32.1. The largest absolute Gasteiger partial charge is 0.497 e. The molecule has 0 amide bonds. The predicted molar refractivity (Wildman–Crippen MR) is 92.3 cm³/mol. The van der Waals surface area contributed by atoms with Gasteiger partial charge < -0.3 is 4.74 Å². The fraction of sp³-hybridized carbons (Fsp3) is 0.250. The molecule has 0 aliphatic heterocycles. The van der Waals surface area contributed by atoms with Crippen LogP contribution >= 0.6 is 11.3 Å². The third-order valence-corrected chi connectivity index (χ3v) is 4.68. The Morgan fingerprint density at radius 1 is 1.12 bits per heavy atom. The van der Waals surface area contributed by atoms with E-state index in [0.717, 1.165) is 45.0 Å². The number of benzene rings is 1. The summed E-state index contributed by atoms with van der Waals surface area (Å²) in [4.78, 5) is 0.761. The first kappa shape index (κ1) is 14.8. The van der Waals surface area contributed by atoms with Crippen molar-refractivity contribution in [3.8, 4) is 27.8 Å². The number of nitrogens with zero attached hydrogens (tertiary/aromatic N) is 6. The number of methoxy groups -OCH3 is 1. The first-order valence-corrected chi connectivity index (χ1v) is 8.42. The molecule has 0 spiro atoms. The molecule has 0 unspecified atom stereocenters. The van der Waals surface area contributed by atoms with E-state index in [-0.39, 0.29) is 0 Å². The van der Waals surface area contributed by atoms with Crippen LogP contribution in [0.2, 0.25) is 0 Å². The van der Waals surface area contributed by atoms with E-state index in [0.29, 0.717) is 0 Å². The highest BCUT2D eigenvalue weighted by molar-refractivity contribution is 7.19. The van der Waals surface area contributed by atoms with Gasteiger partial charge in [-0.3, -0.25) is 4.68 Å². The summed E-state index contributed by atoms with van der Waals surface area (Å²) in [6.07, 6.45) is 0. The van der Waals surface area contributed by atoms with Crippen LogP contribution in [0.5, 0.6) is 5.75 Å². The lowest BCUT2D eigenvalue weighted by atomic mass is 10.2. The number of rotatable bonds is 4. The highest BCUT2D eigenvalue weighted by Gasteiger charge is 2.17. The van der Waals surface area contributed by atoms with Crippen LogP contribution in [0.4, 0.5) is 0 Å². The Kier molecular flexibility index (Phi) is 3.53. The third-order valence-electron chi connectivity index (χ3n) is 3.76. The van der Waals surface area contributed by atoms with Crippen molar-refractivity contribution in [1.82, 2.24) is 29.6 Å². The maximum atomic E-state index is 5.20. The minimum absolute atomic E-state index is 0.717. The van der Waals surface area contributed by atoms with Crippen LogP contribution in [0.3, 0.4) is 0 Å². The molecule has 122 valence electrons. The molecule has 24 heavy (non-hydrogen) atoms. The maximum absolute atomic E-state index is 5.20. The standard InChI is InChI=1S/C16H16N6OS/c1-4-21-13(9-10(2)19-21)15-20-22-14(17-18-16(22)24-15)11-5-7-12(23-3)8-6-11/h5-9H,4H2,1-3H3. The van der Waals surface area contributed by atoms with Gasteiger partial charge in [-0.2, -0.15) is 14.7 Å². The van der Waals surface area contributed by atoms with Gasteiger partial charge in [-0.05, 0) is 44.2 Å². The monoisotopic (exact) mass is 340 g/mol. The summed E-state index contributed by atoms with van der Waals surface area (Å²) >= 11 is 1.51. The van der Waals surface area contributed by atoms with Crippen molar-refractivity contribution < 1.29 is 4.74 Å². The van der Waals surface area contributed by atoms with Gasteiger partial charge >= 0.3 is 0 Å². The molecule has 0 radical (unpaired) electrons. The molecule has 0 aliphatic rings. The van der Waals surface area contributed by atoms with E-state index in [9.17, 15) is 0 Å². The van der Waals surface area contributed by atoms with Crippen molar-refractivity contribution in [2.75, 3.05) is 7.11 Å².